The molecule has 1 atom stereocenters. The normalized spacial score (nSPS) is 11.4. The average molecular weight is 167 g/mol. The van der Waals surface area contributed by atoms with Crippen LogP contribution < -0.4 is 0 Å². The van der Waals surface area contributed by atoms with Crippen LogP contribution in [0.3, 0.4) is 0 Å². The summed E-state index contributed by atoms with van der Waals surface area (Å²) in [6, 6.07) is -0.265. The zero-order chi connectivity index (χ0) is 9.56. The van der Waals surface area contributed by atoms with E-state index in [1.807, 2.05) is 6.92 Å². The van der Waals surface area contributed by atoms with Gasteiger partial charge in [-0.25, -0.2) is 11.4 Å². The van der Waals surface area contributed by atoms with E-state index in [0.717, 1.165) is 0 Å². The second-order valence-electron chi connectivity index (χ2n) is 2.53. The fourth-order valence-electron chi connectivity index (χ4n) is 0.480. The van der Waals surface area contributed by atoms with Crippen molar-refractivity contribution in [3.8, 4) is 0 Å². The van der Waals surface area contributed by atoms with Crippen molar-refractivity contribution in [3.05, 3.63) is 23.6 Å². The van der Waals surface area contributed by atoms with Crippen LogP contribution in [0.25, 0.3) is 4.85 Å². The highest BCUT2D eigenvalue weighted by Crippen LogP contribution is 2.00. The Morgan fingerprint density at radius 2 is 2.33 bits per heavy atom. The molecule has 1 unspecified atom stereocenters. The van der Waals surface area contributed by atoms with Gasteiger partial charge in [0.2, 0.25) is 0 Å². The predicted molar refractivity (Wildman–Crippen MR) is 46.5 cm³/mol. The molecule has 0 heterocycles. The zero-order valence-electron chi connectivity index (χ0n) is 7.46. The molecular formula is C9H13NO2. The maximum absolute atomic E-state index is 11.0. The molecule has 0 amide bonds. The Bertz CT molecular complexity index is 215. The second-order valence-corrected chi connectivity index (χ2v) is 2.53. The highest BCUT2D eigenvalue weighted by molar-refractivity contribution is 5.87. The molecule has 12 heavy (non-hydrogen) atoms. The van der Waals surface area contributed by atoms with Gasteiger partial charge in [-0.2, -0.15) is 0 Å². The van der Waals surface area contributed by atoms with Crippen molar-refractivity contribution in [1.82, 2.24) is 0 Å². The van der Waals surface area contributed by atoms with Crippen molar-refractivity contribution in [3.63, 3.8) is 0 Å². The van der Waals surface area contributed by atoms with Crippen molar-refractivity contribution in [2.75, 3.05) is 6.61 Å². The molecule has 0 aromatic heterocycles. The van der Waals surface area contributed by atoms with E-state index in [-0.39, 0.29) is 12.6 Å². The van der Waals surface area contributed by atoms with Crippen LogP contribution in [0.1, 0.15) is 20.3 Å². The van der Waals surface area contributed by atoms with Gasteiger partial charge < -0.3 is 9.58 Å². The van der Waals surface area contributed by atoms with Crippen LogP contribution in [0, 0.1) is 6.57 Å². The van der Waals surface area contributed by atoms with Crippen molar-refractivity contribution >= 4 is 5.97 Å². The lowest BCUT2D eigenvalue weighted by Crippen LogP contribution is -2.14. The minimum Gasteiger partial charge on any atom is -0.454 e. The number of ether oxygens (including phenoxy) is 1. The van der Waals surface area contributed by atoms with Gasteiger partial charge in [-0.05, 0) is 6.42 Å². The van der Waals surface area contributed by atoms with Crippen LogP contribution in [-0.4, -0.2) is 18.6 Å². The Hall–Kier alpha value is -1.30. The van der Waals surface area contributed by atoms with Gasteiger partial charge in [0.1, 0.15) is 0 Å². The third-order valence-corrected chi connectivity index (χ3v) is 1.39. The molecule has 0 spiro atoms. The standard InChI is InChI=1S/C9H13NO2/c1-5-7(2)9(11)12-6-8(3)10-4/h8H,2,5-6H2,1,3H3. The van der Waals surface area contributed by atoms with Gasteiger partial charge in [0.05, 0.1) is 0 Å². The summed E-state index contributed by atoms with van der Waals surface area (Å²) in [5.41, 5.74) is 0.451. The highest BCUT2D eigenvalue weighted by Gasteiger charge is 2.10. The fourth-order valence-corrected chi connectivity index (χ4v) is 0.480. The summed E-state index contributed by atoms with van der Waals surface area (Å²) < 4.78 is 4.80. The summed E-state index contributed by atoms with van der Waals surface area (Å²) in [6.07, 6.45) is 0.589. The molecule has 0 fully saturated rings. The minimum absolute atomic E-state index is 0.154. The molecule has 0 aliphatic rings. The number of rotatable bonds is 4. The quantitative estimate of drug-likeness (QED) is 0.363. The lowest BCUT2D eigenvalue weighted by atomic mass is 10.2. The average Bonchev–Trinajstić information content (AvgIpc) is 2.11. The fraction of sp³-hybridized carbons (Fsp3) is 0.556. The van der Waals surface area contributed by atoms with Crippen molar-refractivity contribution in [2.24, 2.45) is 0 Å². The molecule has 0 saturated heterocycles. The highest BCUT2D eigenvalue weighted by atomic mass is 16.5. The lowest BCUT2D eigenvalue weighted by molar-refractivity contribution is -0.139. The molecule has 0 saturated carbocycles. The first-order chi connectivity index (χ1) is 5.61. The van der Waals surface area contributed by atoms with Gasteiger partial charge in [-0.15, -0.1) is 0 Å². The molecule has 0 aliphatic heterocycles. The Balaban J connectivity index is 3.73. The largest absolute Gasteiger partial charge is 0.454 e. The van der Waals surface area contributed by atoms with Gasteiger partial charge in [-0.3, -0.25) is 0 Å². The molecule has 3 nitrogen and oxygen atoms in total. The smallest absolute Gasteiger partial charge is 0.333 e. The number of esters is 1. The summed E-state index contributed by atoms with van der Waals surface area (Å²) in [5, 5.41) is 0. The molecule has 0 aliphatic carbocycles. The van der Waals surface area contributed by atoms with Crippen molar-refractivity contribution in [1.29, 1.82) is 0 Å². The van der Waals surface area contributed by atoms with E-state index in [1.165, 1.54) is 0 Å². The molecule has 66 valence electrons. The van der Waals surface area contributed by atoms with Gasteiger partial charge in [-0.1, -0.05) is 13.5 Å². The van der Waals surface area contributed by atoms with Crippen LogP contribution in [0.5, 0.6) is 0 Å². The van der Waals surface area contributed by atoms with E-state index in [1.54, 1.807) is 6.92 Å². The number of carbonyl (C=O) groups excluding carboxylic acids is 1. The molecule has 0 N–H and O–H groups in total. The molecular weight excluding hydrogens is 154 g/mol. The zero-order valence-corrected chi connectivity index (χ0v) is 7.46. The molecule has 0 radical (unpaired) electrons. The van der Waals surface area contributed by atoms with E-state index in [2.05, 4.69) is 11.4 Å². The van der Waals surface area contributed by atoms with Crippen molar-refractivity contribution < 1.29 is 9.53 Å². The van der Waals surface area contributed by atoms with Crippen LogP contribution in [-0.2, 0) is 9.53 Å². The number of nitrogens with zero attached hydrogens (tertiary/aromatic N) is 1. The Morgan fingerprint density at radius 1 is 1.75 bits per heavy atom. The number of hydrogen-bond donors (Lipinski definition) is 0. The minimum atomic E-state index is -0.395. The van der Waals surface area contributed by atoms with Gasteiger partial charge in [0.25, 0.3) is 6.04 Å². The monoisotopic (exact) mass is 167 g/mol. The topological polar surface area (TPSA) is 30.7 Å². The summed E-state index contributed by atoms with van der Waals surface area (Å²) >= 11 is 0. The summed E-state index contributed by atoms with van der Waals surface area (Å²) in [4.78, 5) is 14.2. The molecule has 0 rings (SSSR count). The Kier molecular flexibility index (Phi) is 4.78. The lowest BCUT2D eigenvalue weighted by Gasteiger charge is -2.03. The summed E-state index contributed by atoms with van der Waals surface area (Å²) in [7, 11) is 0. The van der Waals surface area contributed by atoms with Crippen LogP contribution in [0.2, 0.25) is 0 Å². The third kappa shape index (κ3) is 3.77. The first kappa shape index (κ1) is 10.7. The van der Waals surface area contributed by atoms with Gasteiger partial charge in [0.15, 0.2) is 6.61 Å². The van der Waals surface area contributed by atoms with E-state index >= 15 is 0 Å². The van der Waals surface area contributed by atoms with E-state index in [0.29, 0.717) is 12.0 Å². The van der Waals surface area contributed by atoms with Crippen molar-refractivity contribution in [2.45, 2.75) is 26.3 Å². The summed E-state index contributed by atoms with van der Waals surface area (Å²) in [5.74, 6) is -0.395. The molecule has 0 aromatic rings. The SMILES string of the molecule is [C-]#[N+]C(C)COC(=O)C(=C)CC. The van der Waals surface area contributed by atoms with Crippen LogP contribution in [0.4, 0.5) is 0 Å². The maximum Gasteiger partial charge on any atom is 0.333 e. The van der Waals surface area contributed by atoms with Gasteiger partial charge in [0, 0.05) is 12.5 Å². The first-order valence-electron chi connectivity index (χ1n) is 3.83. The van der Waals surface area contributed by atoms with E-state index < -0.39 is 5.97 Å². The van der Waals surface area contributed by atoms with E-state index in [9.17, 15) is 4.79 Å². The Morgan fingerprint density at radius 3 is 2.75 bits per heavy atom. The van der Waals surface area contributed by atoms with Crippen LogP contribution >= 0.6 is 0 Å². The third-order valence-electron chi connectivity index (χ3n) is 1.39. The first-order valence-corrected chi connectivity index (χ1v) is 3.83. The van der Waals surface area contributed by atoms with Crippen LogP contribution in [0.15, 0.2) is 12.2 Å². The predicted octanol–water partition coefficient (Wildman–Crippen LogP) is 1.80. The van der Waals surface area contributed by atoms with E-state index in [4.69, 9.17) is 11.3 Å². The molecule has 3 heteroatoms. The second kappa shape index (κ2) is 5.36. The van der Waals surface area contributed by atoms with Gasteiger partial charge >= 0.3 is 5.97 Å². The molecule has 0 aromatic carbocycles. The molecule has 0 bridgehead atoms. The number of carbonyl (C=O) groups is 1. The maximum atomic E-state index is 11.0. The Labute approximate surface area is 72.8 Å². The summed E-state index contributed by atoms with van der Waals surface area (Å²) in [6.45, 7) is 13.8. The number of hydrogen-bond acceptors (Lipinski definition) is 2.